The molecule has 0 unspecified atom stereocenters. The molecule has 1 fully saturated rings. The molecule has 6 heteroatoms. The zero-order valence-electron chi connectivity index (χ0n) is 17.1. The summed E-state index contributed by atoms with van der Waals surface area (Å²) in [4.78, 5) is 26.0. The molecular weight excluding hydrogens is 440 g/mol. The Bertz CT molecular complexity index is 1190. The van der Waals surface area contributed by atoms with Crippen molar-refractivity contribution in [1.29, 1.82) is 0 Å². The van der Waals surface area contributed by atoms with Gasteiger partial charge in [-0.1, -0.05) is 94.4 Å². The summed E-state index contributed by atoms with van der Waals surface area (Å²) in [5, 5.41) is 3.66. The highest BCUT2D eigenvalue weighted by Gasteiger charge is 2.33. The molecule has 1 aliphatic rings. The first-order valence-corrected chi connectivity index (χ1v) is 12.8. The summed E-state index contributed by atoms with van der Waals surface area (Å²) in [7, 11) is 3.24. The van der Waals surface area contributed by atoms with E-state index < -0.39 is 24.1 Å². The molecule has 5 rings (SSSR count). The fourth-order valence-electron chi connectivity index (χ4n) is 3.87. The van der Waals surface area contributed by atoms with E-state index in [-0.39, 0.29) is 0 Å². The summed E-state index contributed by atoms with van der Waals surface area (Å²) in [6.45, 7) is 0. The molecule has 0 aliphatic carbocycles. The first-order chi connectivity index (χ1) is 15.7. The van der Waals surface area contributed by atoms with Crippen molar-refractivity contribution in [3.05, 3.63) is 96.1 Å². The van der Waals surface area contributed by atoms with Crippen molar-refractivity contribution in [2.75, 3.05) is 11.5 Å². The molecule has 2 atom stereocenters. The van der Waals surface area contributed by atoms with Gasteiger partial charge in [-0.25, -0.2) is 9.59 Å². The standard InChI is InChI=1S/C26H20O4S2/c27-25(21-13-5-9-17-7-1-3-11-19(17)21)29-23-15-31-32-16-24(23)30-26(28)22-14-6-10-18-8-2-4-12-20(18)22/h1-14,23-24H,15-16H2/t23-,24-/m1/s1. The molecule has 0 N–H and O–H groups in total. The minimum absolute atomic E-state index is 0.398. The minimum Gasteiger partial charge on any atom is -0.454 e. The molecule has 4 nitrogen and oxygen atoms in total. The van der Waals surface area contributed by atoms with Crippen LogP contribution in [0.5, 0.6) is 0 Å². The second-order valence-corrected chi connectivity index (χ2v) is 10.1. The number of carbonyl (C=O) groups is 2. The van der Waals surface area contributed by atoms with Gasteiger partial charge in [0.1, 0.15) is 12.2 Å². The van der Waals surface area contributed by atoms with E-state index in [2.05, 4.69) is 0 Å². The summed E-state index contributed by atoms with van der Waals surface area (Å²) >= 11 is 0. The van der Waals surface area contributed by atoms with E-state index in [1.54, 1.807) is 33.7 Å². The van der Waals surface area contributed by atoms with Crippen LogP contribution >= 0.6 is 21.6 Å². The lowest BCUT2D eigenvalue weighted by Gasteiger charge is -2.30. The molecule has 0 amide bonds. The van der Waals surface area contributed by atoms with E-state index in [1.165, 1.54) is 0 Å². The van der Waals surface area contributed by atoms with Crippen LogP contribution < -0.4 is 0 Å². The maximum atomic E-state index is 13.0. The predicted octanol–water partition coefficient (Wildman–Crippen LogP) is 6.14. The Kier molecular flexibility index (Phi) is 6.06. The number of carbonyl (C=O) groups excluding carboxylic acids is 2. The molecule has 0 radical (unpaired) electrons. The molecule has 4 aromatic rings. The number of esters is 2. The van der Waals surface area contributed by atoms with Crippen LogP contribution in [-0.2, 0) is 9.47 Å². The van der Waals surface area contributed by atoms with Gasteiger partial charge >= 0.3 is 11.9 Å². The molecule has 1 heterocycles. The second kappa shape index (κ2) is 9.27. The highest BCUT2D eigenvalue weighted by molar-refractivity contribution is 8.76. The van der Waals surface area contributed by atoms with Crippen molar-refractivity contribution >= 4 is 55.1 Å². The average molecular weight is 461 g/mol. The van der Waals surface area contributed by atoms with Crippen LogP contribution in [0.4, 0.5) is 0 Å². The van der Waals surface area contributed by atoms with Gasteiger partial charge in [0.2, 0.25) is 0 Å². The van der Waals surface area contributed by atoms with Gasteiger partial charge in [0.25, 0.3) is 0 Å². The van der Waals surface area contributed by atoms with E-state index in [0.717, 1.165) is 21.5 Å². The maximum Gasteiger partial charge on any atom is 0.339 e. The summed E-state index contributed by atoms with van der Waals surface area (Å²) in [5.74, 6) is 0.333. The fourth-order valence-corrected chi connectivity index (χ4v) is 6.28. The molecule has 1 saturated heterocycles. The van der Waals surface area contributed by atoms with Gasteiger partial charge in [-0.05, 0) is 33.7 Å². The fraction of sp³-hybridized carbons (Fsp3) is 0.154. The van der Waals surface area contributed by atoms with Crippen LogP contribution in [0.1, 0.15) is 20.7 Å². The average Bonchev–Trinajstić information content (AvgIpc) is 2.84. The van der Waals surface area contributed by atoms with Crippen LogP contribution in [-0.4, -0.2) is 35.7 Å². The minimum atomic E-state index is -0.508. The number of rotatable bonds is 4. The van der Waals surface area contributed by atoms with E-state index in [1.807, 2.05) is 72.8 Å². The maximum absolute atomic E-state index is 13.0. The summed E-state index contributed by atoms with van der Waals surface area (Å²) < 4.78 is 11.7. The van der Waals surface area contributed by atoms with Crippen molar-refractivity contribution in [2.24, 2.45) is 0 Å². The molecule has 0 spiro atoms. The van der Waals surface area contributed by atoms with E-state index in [0.29, 0.717) is 22.6 Å². The summed E-state index contributed by atoms with van der Waals surface area (Å²) in [6, 6.07) is 26.6. The third-order valence-electron chi connectivity index (χ3n) is 5.50. The second-order valence-electron chi connectivity index (χ2n) is 7.51. The Morgan fingerprint density at radius 2 is 1.00 bits per heavy atom. The van der Waals surface area contributed by atoms with Gasteiger partial charge < -0.3 is 9.47 Å². The van der Waals surface area contributed by atoms with Crippen LogP contribution in [0.15, 0.2) is 84.9 Å². The monoisotopic (exact) mass is 460 g/mol. The highest BCUT2D eigenvalue weighted by Crippen LogP contribution is 2.34. The summed E-state index contributed by atoms with van der Waals surface area (Å²) in [5.41, 5.74) is 1.04. The Morgan fingerprint density at radius 1 is 0.594 bits per heavy atom. The van der Waals surface area contributed by atoms with Crippen molar-refractivity contribution < 1.29 is 19.1 Å². The van der Waals surface area contributed by atoms with E-state index in [4.69, 9.17) is 9.47 Å². The molecule has 160 valence electrons. The van der Waals surface area contributed by atoms with Gasteiger partial charge in [-0.15, -0.1) is 0 Å². The predicted molar refractivity (Wildman–Crippen MR) is 131 cm³/mol. The Balaban J connectivity index is 1.36. The smallest absolute Gasteiger partial charge is 0.339 e. The molecular formula is C26H20O4S2. The highest BCUT2D eigenvalue weighted by atomic mass is 33.1. The van der Waals surface area contributed by atoms with Crippen molar-refractivity contribution in [3.63, 3.8) is 0 Å². The number of fused-ring (bicyclic) bond motifs is 2. The third kappa shape index (κ3) is 4.20. The number of hydrogen-bond acceptors (Lipinski definition) is 6. The topological polar surface area (TPSA) is 52.6 Å². The van der Waals surface area contributed by atoms with Gasteiger partial charge in [0.15, 0.2) is 0 Å². The molecule has 4 aromatic carbocycles. The zero-order valence-corrected chi connectivity index (χ0v) is 18.7. The molecule has 32 heavy (non-hydrogen) atoms. The van der Waals surface area contributed by atoms with E-state index in [9.17, 15) is 9.59 Å². The Morgan fingerprint density at radius 3 is 1.47 bits per heavy atom. The Hall–Kier alpha value is -2.96. The third-order valence-corrected chi connectivity index (χ3v) is 7.91. The number of hydrogen-bond donors (Lipinski definition) is 0. The van der Waals surface area contributed by atoms with Crippen LogP contribution in [0.25, 0.3) is 21.5 Å². The Labute approximate surface area is 193 Å². The van der Waals surface area contributed by atoms with Crippen molar-refractivity contribution in [3.8, 4) is 0 Å². The van der Waals surface area contributed by atoms with Gasteiger partial charge in [-0.3, -0.25) is 0 Å². The van der Waals surface area contributed by atoms with Gasteiger partial charge in [-0.2, -0.15) is 0 Å². The van der Waals surface area contributed by atoms with Gasteiger partial charge in [0, 0.05) is 11.5 Å². The van der Waals surface area contributed by atoms with Crippen molar-refractivity contribution in [1.82, 2.24) is 0 Å². The number of ether oxygens (including phenoxy) is 2. The lowest BCUT2D eigenvalue weighted by atomic mass is 10.0. The first-order valence-electron chi connectivity index (χ1n) is 10.3. The normalized spacial score (nSPS) is 18.4. The summed E-state index contributed by atoms with van der Waals surface area (Å²) in [6.07, 6.45) is -1.02. The quantitative estimate of drug-likeness (QED) is 0.269. The van der Waals surface area contributed by atoms with Gasteiger partial charge in [0.05, 0.1) is 11.1 Å². The largest absolute Gasteiger partial charge is 0.454 e. The zero-order chi connectivity index (χ0) is 21.9. The molecule has 0 bridgehead atoms. The van der Waals surface area contributed by atoms with Crippen LogP contribution in [0, 0.1) is 0 Å². The molecule has 0 saturated carbocycles. The SMILES string of the molecule is O=C(O[C@@H]1CSSC[C@H]1OC(=O)c1cccc2ccccc12)c1cccc2ccccc12. The molecule has 1 aliphatic heterocycles. The van der Waals surface area contributed by atoms with E-state index >= 15 is 0 Å². The number of benzene rings is 4. The lowest BCUT2D eigenvalue weighted by molar-refractivity contribution is -0.0210. The van der Waals surface area contributed by atoms with Crippen LogP contribution in [0.2, 0.25) is 0 Å². The lowest BCUT2D eigenvalue weighted by Crippen LogP contribution is -2.40. The van der Waals surface area contributed by atoms with Crippen molar-refractivity contribution in [2.45, 2.75) is 12.2 Å². The molecule has 0 aromatic heterocycles. The van der Waals surface area contributed by atoms with Crippen LogP contribution in [0.3, 0.4) is 0 Å². The first kappa shape index (κ1) is 20.9.